The first-order chi connectivity index (χ1) is 18.5. The summed E-state index contributed by atoms with van der Waals surface area (Å²) in [6, 6.07) is 1.95. The number of carbonyl (C=O) groups is 5. The molecule has 4 N–H and O–H groups in total. The molecular weight excluding hydrogens is 534 g/mol. The molecule has 1 heterocycles. The SMILES string of the molecule is CCOC(=O)Oc1ccc(C(=O)NCC(=O)N[C@@H](Cc2cnc[nH]2)C(=O)N[C@@H](CC(C)C)C(=O)OC)cc1Cl. The van der Waals surface area contributed by atoms with Crippen LogP contribution in [0.25, 0.3) is 0 Å². The number of carbonyl (C=O) groups excluding carboxylic acids is 5. The number of rotatable bonds is 13. The van der Waals surface area contributed by atoms with Crippen LogP contribution in [-0.2, 0) is 30.3 Å². The zero-order chi connectivity index (χ0) is 28.9. The number of benzene rings is 1. The van der Waals surface area contributed by atoms with Crippen LogP contribution in [0.15, 0.2) is 30.7 Å². The number of hydrogen-bond acceptors (Lipinski definition) is 9. The number of amides is 3. The number of imidazole rings is 1. The van der Waals surface area contributed by atoms with Crippen LogP contribution >= 0.6 is 11.6 Å². The number of nitrogens with one attached hydrogen (secondary N) is 4. The first kappa shape index (κ1) is 31.1. The smallest absolute Gasteiger partial charge is 0.467 e. The molecule has 14 heteroatoms. The largest absolute Gasteiger partial charge is 0.513 e. The molecule has 0 fully saturated rings. The number of nitrogens with zero attached hydrogens (tertiary/aromatic N) is 1. The summed E-state index contributed by atoms with van der Waals surface area (Å²) >= 11 is 6.08. The maximum absolute atomic E-state index is 13.0. The molecule has 1 aromatic heterocycles. The van der Waals surface area contributed by atoms with Crippen molar-refractivity contribution < 1.29 is 38.2 Å². The molecule has 39 heavy (non-hydrogen) atoms. The molecule has 0 aliphatic heterocycles. The van der Waals surface area contributed by atoms with Crippen molar-refractivity contribution in [3.63, 3.8) is 0 Å². The second kappa shape index (κ2) is 15.3. The van der Waals surface area contributed by atoms with Gasteiger partial charge in [-0.25, -0.2) is 14.6 Å². The minimum absolute atomic E-state index is 0.000189. The highest BCUT2D eigenvalue weighted by atomic mass is 35.5. The van der Waals surface area contributed by atoms with Gasteiger partial charge >= 0.3 is 12.1 Å². The number of ether oxygens (including phenoxy) is 3. The molecule has 0 saturated carbocycles. The normalized spacial score (nSPS) is 12.2. The fraction of sp³-hybridized carbons (Fsp3) is 0.440. The molecule has 0 aliphatic carbocycles. The summed E-state index contributed by atoms with van der Waals surface area (Å²) in [5.74, 6) is -2.41. The van der Waals surface area contributed by atoms with E-state index in [4.69, 9.17) is 21.1 Å². The van der Waals surface area contributed by atoms with Gasteiger partial charge in [-0.2, -0.15) is 0 Å². The lowest BCUT2D eigenvalue weighted by molar-refractivity contribution is -0.145. The van der Waals surface area contributed by atoms with Crippen LogP contribution in [0, 0.1) is 5.92 Å². The quantitative estimate of drug-likeness (QED) is 0.208. The number of methoxy groups -OCH3 is 1. The van der Waals surface area contributed by atoms with Gasteiger partial charge < -0.3 is 35.1 Å². The Balaban J connectivity index is 2.03. The van der Waals surface area contributed by atoms with E-state index < -0.39 is 48.5 Å². The third-order valence-electron chi connectivity index (χ3n) is 5.20. The minimum Gasteiger partial charge on any atom is -0.467 e. The average Bonchev–Trinajstić information content (AvgIpc) is 3.40. The molecule has 0 saturated heterocycles. The Hall–Kier alpha value is -4.13. The summed E-state index contributed by atoms with van der Waals surface area (Å²) in [4.78, 5) is 68.6. The Labute approximate surface area is 230 Å². The fourth-order valence-corrected chi connectivity index (χ4v) is 3.61. The van der Waals surface area contributed by atoms with E-state index in [9.17, 15) is 24.0 Å². The van der Waals surface area contributed by atoms with Crippen molar-refractivity contribution in [3.8, 4) is 5.75 Å². The lowest BCUT2D eigenvalue weighted by Gasteiger charge is -2.23. The molecule has 212 valence electrons. The second-order valence-electron chi connectivity index (χ2n) is 8.73. The summed E-state index contributed by atoms with van der Waals surface area (Å²) in [5, 5.41) is 7.62. The Bertz CT molecular complexity index is 1160. The monoisotopic (exact) mass is 565 g/mol. The second-order valence-corrected chi connectivity index (χ2v) is 9.14. The first-order valence-corrected chi connectivity index (χ1v) is 12.5. The molecule has 0 unspecified atom stereocenters. The van der Waals surface area contributed by atoms with Gasteiger partial charge in [-0.05, 0) is 37.5 Å². The molecule has 2 atom stereocenters. The molecule has 3 amide bonds. The van der Waals surface area contributed by atoms with E-state index in [0.29, 0.717) is 12.1 Å². The van der Waals surface area contributed by atoms with Crippen LogP contribution in [0.3, 0.4) is 0 Å². The molecular formula is C25H32ClN5O8. The van der Waals surface area contributed by atoms with Crippen LogP contribution in [-0.4, -0.2) is 72.2 Å². The van der Waals surface area contributed by atoms with Crippen molar-refractivity contribution in [1.29, 1.82) is 0 Å². The first-order valence-electron chi connectivity index (χ1n) is 12.1. The van der Waals surface area contributed by atoms with E-state index in [1.165, 1.54) is 37.8 Å². The minimum atomic E-state index is -1.08. The molecule has 2 rings (SSSR count). The summed E-state index contributed by atoms with van der Waals surface area (Å²) in [6.07, 6.45) is 2.38. The van der Waals surface area contributed by atoms with Crippen molar-refractivity contribution in [3.05, 3.63) is 47.0 Å². The van der Waals surface area contributed by atoms with Gasteiger partial charge in [0, 0.05) is 23.9 Å². The van der Waals surface area contributed by atoms with Gasteiger partial charge in [0.1, 0.15) is 12.1 Å². The van der Waals surface area contributed by atoms with Gasteiger partial charge in [0.15, 0.2) is 5.75 Å². The Morgan fingerprint density at radius 3 is 2.44 bits per heavy atom. The third kappa shape index (κ3) is 10.3. The predicted octanol–water partition coefficient (Wildman–Crippen LogP) is 1.76. The van der Waals surface area contributed by atoms with Crippen molar-refractivity contribution in [1.82, 2.24) is 25.9 Å². The van der Waals surface area contributed by atoms with Crippen LogP contribution in [0.2, 0.25) is 5.02 Å². The Morgan fingerprint density at radius 1 is 1.10 bits per heavy atom. The Kier molecular flexibility index (Phi) is 12.2. The van der Waals surface area contributed by atoms with Crippen molar-refractivity contribution in [2.24, 2.45) is 5.92 Å². The van der Waals surface area contributed by atoms with Gasteiger partial charge in [-0.15, -0.1) is 0 Å². The van der Waals surface area contributed by atoms with E-state index in [1.807, 2.05) is 13.8 Å². The molecule has 0 aliphatic rings. The molecule has 0 bridgehead atoms. The predicted molar refractivity (Wildman–Crippen MR) is 139 cm³/mol. The standard InChI is InChI=1S/C25H32ClN5O8/c1-5-38-25(36)39-20-7-6-15(9-17(20)26)22(33)28-12-21(32)30-18(10-16-11-27-13-29-16)23(34)31-19(8-14(2)3)24(35)37-4/h6-7,9,11,13-14,18-19H,5,8,10,12H2,1-4H3,(H,27,29)(H,28,33)(H,30,32)(H,31,34)/t18-,19-/m0/s1. The highest BCUT2D eigenvalue weighted by Crippen LogP contribution is 2.25. The third-order valence-corrected chi connectivity index (χ3v) is 5.49. The van der Waals surface area contributed by atoms with Gasteiger partial charge in [0.2, 0.25) is 11.8 Å². The van der Waals surface area contributed by atoms with Crippen LogP contribution in [0.5, 0.6) is 5.75 Å². The number of esters is 1. The lowest BCUT2D eigenvalue weighted by Crippen LogP contribution is -2.54. The maximum Gasteiger partial charge on any atom is 0.513 e. The van der Waals surface area contributed by atoms with E-state index >= 15 is 0 Å². The summed E-state index contributed by atoms with van der Waals surface area (Å²) in [5.41, 5.74) is 0.670. The number of hydrogen-bond donors (Lipinski definition) is 4. The zero-order valence-electron chi connectivity index (χ0n) is 22.0. The van der Waals surface area contributed by atoms with Gasteiger partial charge in [-0.3, -0.25) is 14.4 Å². The van der Waals surface area contributed by atoms with E-state index in [1.54, 1.807) is 6.92 Å². The van der Waals surface area contributed by atoms with E-state index in [0.717, 1.165) is 0 Å². The van der Waals surface area contributed by atoms with E-state index in [2.05, 4.69) is 30.7 Å². The number of aromatic amines is 1. The Morgan fingerprint density at radius 2 is 1.85 bits per heavy atom. The van der Waals surface area contributed by atoms with Crippen molar-refractivity contribution >= 4 is 41.4 Å². The van der Waals surface area contributed by atoms with Gasteiger partial charge in [-0.1, -0.05) is 25.4 Å². The van der Waals surface area contributed by atoms with Crippen molar-refractivity contribution in [2.45, 2.75) is 45.7 Å². The number of aromatic nitrogens is 2. The molecule has 2 aromatic rings. The number of halogens is 1. The van der Waals surface area contributed by atoms with E-state index in [-0.39, 0.29) is 35.3 Å². The average molecular weight is 566 g/mol. The summed E-state index contributed by atoms with van der Waals surface area (Å²) in [7, 11) is 1.22. The van der Waals surface area contributed by atoms with Crippen LogP contribution < -0.4 is 20.7 Å². The van der Waals surface area contributed by atoms with Gasteiger partial charge in [0.25, 0.3) is 5.91 Å². The fourth-order valence-electron chi connectivity index (χ4n) is 3.40. The molecule has 13 nitrogen and oxygen atoms in total. The van der Waals surface area contributed by atoms with Gasteiger partial charge in [0.05, 0.1) is 31.6 Å². The number of H-pyrrole nitrogens is 1. The van der Waals surface area contributed by atoms with Crippen LogP contribution in [0.1, 0.15) is 43.2 Å². The highest BCUT2D eigenvalue weighted by molar-refractivity contribution is 6.32. The van der Waals surface area contributed by atoms with Crippen molar-refractivity contribution in [2.75, 3.05) is 20.3 Å². The summed E-state index contributed by atoms with van der Waals surface area (Å²) < 4.78 is 14.4. The lowest BCUT2D eigenvalue weighted by atomic mass is 10.0. The zero-order valence-corrected chi connectivity index (χ0v) is 22.8. The van der Waals surface area contributed by atoms with Crippen LogP contribution in [0.4, 0.5) is 4.79 Å². The highest BCUT2D eigenvalue weighted by Gasteiger charge is 2.28. The molecule has 0 radical (unpaired) electrons. The molecule has 0 spiro atoms. The summed E-state index contributed by atoms with van der Waals surface area (Å²) in [6.45, 7) is 5.06. The topological polar surface area (TPSA) is 178 Å². The molecule has 1 aromatic carbocycles. The maximum atomic E-state index is 13.0.